The Morgan fingerprint density at radius 2 is 2.04 bits per heavy atom. The fraction of sp³-hybridized carbons (Fsp3) is 0.467. The summed E-state index contributed by atoms with van der Waals surface area (Å²) >= 11 is 5.91. The molecule has 0 aliphatic carbocycles. The lowest BCUT2D eigenvalue weighted by atomic mass is 10.1. The predicted octanol–water partition coefficient (Wildman–Crippen LogP) is 1.71. The second kappa shape index (κ2) is 9.31. The number of hydrogen-bond acceptors (Lipinski definition) is 5. The van der Waals surface area contributed by atoms with Crippen LogP contribution in [0.25, 0.3) is 0 Å². The van der Waals surface area contributed by atoms with Crippen LogP contribution in [0.4, 0.5) is 10.5 Å². The summed E-state index contributed by atoms with van der Waals surface area (Å²) < 4.78 is 10.7. The van der Waals surface area contributed by atoms with Gasteiger partial charge in [0.15, 0.2) is 5.60 Å². The number of hydrogen-bond donors (Lipinski definition) is 4. The zero-order chi connectivity index (χ0) is 18.2. The Morgan fingerprint density at radius 1 is 1.33 bits per heavy atom. The van der Waals surface area contributed by atoms with Gasteiger partial charge in [0.25, 0.3) is 0 Å². The van der Waals surface area contributed by atoms with E-state index in [1.807, 2.05) is 6.92 Å². The molecule has 24 heavy (non-hydrogen) atoms. The van der Waals surface area contributed by atoms with Crippen molar-refractivity contribution in [3.05, 3.63) is 23.2 Å². The van der Waals surface area contributed by atoms with E-state index < -0.39 is 24.1 Å². The number of ether oxygens (including phenoxy) is 2. The molecule has 1 unspecified atom stereocenters. The van der Waals surface area contributed by atoms with E-state index in [0.29, 0.717) is 36.3 Å². The number of amides is 2. The topological polar surface area (TPSA) is 117 Å². The molecule has 8 nitrogen and oxygen atoms in total. The normalized spacial score (nSPS) is 13.0. The molecule has 2 amide bonds. The van der Waals surface area contributed by atoms with Gasteiger partial charge >= 0.3 is 12.0 Å². The molecule has 0 radical (unpaired) electrons. The zero-order valence-electron chi connectivity index (χ0n) is 13.5. The van der Waals surface area contributed by atoms with Gasteiger partial charge in [0, 0.05) is 11.6 Å². The summed E-state index contributed by atoms with van der Waals surface area (Å²) in [5, 5.41) is 23.5. The molecule has 1 aromatic rings. The lowest BCUT2D eigenvalue weighted by Crippen LogP contribution is -2.47. The molecule has 0 aliphatic heterocycles. The molecule has 0 spiro atoms. The first-order valence-electron chi connectivity index (χ1n) is 7.27. The highest BCUT2D eigenvalue weighted by Crippen LogP contribution is 2.28. The molecule has 1 aromatic carbocycles. The van der Waals surface area contributed by atoms with Crippen LogP contribution >= 0.6 is 11.6 Å². The van der Waals surface area contributed by atoms with E-state index in [-0.39, 0.29) is 0 Å². The fourth-order valence-corrected chi connectivity index (χ4v) is 1.75. The van der Waals surface area contributed by atoms with Gasteiger partial charge in [-0.3, -0.25) is 0 Å². The van der Waals surface area contributed by atoms with E-state index in [2.05, 4.69) is 10.6 Å². The van der Waals surface area contributed by atoms with E-state index in [9.17, 15) is 14.7 Å². The van der Waals surface area contributed by atoms with E-state index in [0.717, 1.165) is 6.92 Å². The van der Waals surface area contributed by atoms with Crippen LogP contribution in [0.15, 0.2) is 18.2 Å². The van der Waals surface area contributed by atoms with Crippen LogP contribution in [0.1, 0.15) is 13.8 Å². The molecule has 0 aromatic heterocycles. The van der Waals surface area contributed by atoms with Gasteiger partial charge in [-0.25, -0.2) is 9.59 Å². The molecular weight excluding hydrogens is 340 g/mol. The number of aliphatic hydroxyl groups is 1. The van der Waals surface area contributed by atoms with Crippen LogP contribution in [0, 0.1) is 0 Å². The van der Waals surface area contributed by atoms with Gasteiger partial charge < -0.3 is 30.3 Å². The first kappa shape index (κ1) is 20.0. The van der Waals surface area contributed by atoms with Gasteiger partial charge in [-0.15, -0.1) is 0 Å². The molecule has 0 saturated heterocycles. The number of carboxylic acid groups (broad SMARTS) is 1. The average Bonchev–Trinajstić information content (AvgIpc) is 2.51. The fourth-order valence-electron chi connectivity index (χ4n) is 1.58. The number of carbonyl (C=O) groups is 2. The van der Waals surface area contributed by atoms with Crippen molar-refractivity contribution in [1.82, 2.24) is 5.32 Å². The Hall–Kier alpha value is -2.03. The summed E-state index contributed by atoms with van der Waals surface area (Å²) in [4.78, 5) is 22.7. The van der Waals surface area contributed by atoms with Crippen molar-refractivity contribution in [3.8, 4) is 5.75 Å². The molecule has 1 rings (SSSR count). The van der Waals surface area contributed by atoms with Crippen LogP contribution in [-0.4, -0.2) is 54.2 Å². The molecule has 0 aliphatic rings. The quantitative estimate of drug-likeness (QED) is 0.498. The lowest BCUT2D eigenvalue weighted by Gasteiger charge is -2.19. The summed E-state index contributed by atoms with van der Waals surface area (Å²) in [5.41, 5.74) is -1.76. The van der Waals surface area contributed by atoms with E-state index in [1.54, 1.807) is 12.1 Å². The molecule has 9 heteroatoms. The van der Waals surface area contributed by atoms with Crippen LogP contribution < -0.4 is 15.4 Å². The first-order chi connectivity index (χ1) is 11.3. The monoisotopic (exact) mass is 360 g/mol. The van der Waals surface area contributed by atoms with E-state index in [1.165, 1.54) is 6.07 Å². The summed E-state index contributed by atoms with van der Waals surface area (Å²) in [6, 6.07) is 3.99. The lowest BCUT2D eigenvalue weighted by molar-refractivity contribution is -0.155. The third kappa shape index (κ3) is 6.61. The number of carbonyl (C=O) groups excluding carboxylic acids is 1. The maximum Gasteiger partial charge on any atom is 0.337 e. The van der Waals surface area contributed by atoms with Crippen LogP contribution in [0.3, 0.4) is 0 Å². The molecule has 0 heterocycles. The van der Waals surface area contributed by atoms with Gasteiger partial charge in [-0.1, -0.05) is 11.6 Å². The standard InChI is InChI=1S/C15H21ClN2O6/c1-3-23-6-7-24-12-5-4-10(16)8-11(12)18-14(21)17-9-15(2,22)13(19)20/h4-5,8,22H,3,6-7,9H2,1-2H3,(H,19,20)(H2,17,18,21). The van der Waals surface area contributed by atoms with Crippen molar-refractivity contribution in [3.63, 3.8) is 0 Å². The molecule has 0 saturated carbocycles. The second-order valence-electron chi connectivity index (χ2n) is 5.07. The van der Waals surface area contributed by atoms with E-state index >= 15 is 0 Å². The van der Waals surface area contributed by atoms with Crippen molar-refractivity contribution < 1.29 is 29.3 Å². The zero-order valence-corrected chi connectivity index (χ0v) is 14.2. The molecule has 1 atom stereocenters. The molecule has 134 valence electrons. The van der Waals surface area contributed by atoms with Gasteiger partial charge in [0.05, 0.1) is 18.8 Å². The number of carboxylic acids is 1. The number of urea groups is 1. The first-order valence-corrected chi connectivity index (χ1v) is 7.64. The maximum atomic E-state index is 11.9. The summed E-state index contributed by atoms with van der Waals surface area (Å²) in [6.45, 7) is 3.74. The Bertz CT molecular complexity index is 579. The summed E-state index contributed by atoms with van der Waals surface area (Å²) in [7, 11) is 0. The molecule has 0 bridgehead atoms. The molecule has 4 N–H and O–H groups in total. The summed E-state index contributed by atoms with van der Waals surface area (Å²) in [6.07, 6.45) is 0. The highest BCUT2D eigenvalue weighted by atomic mass is 35.5. The average molecular weight is 361 g/mol. The minimum atomic E-state index is -2.07. The molecular formula is C15H21ClN2O6. The number of nitrogens with one attached hydrogen (secondary N) is 2. The van der Waals surface area contributed by atoms with Crippen molar-refractivity contribution in [1.29, 1.82) is 0 Å². The Kier molecular flexibility index (Phi) is 7.76. The van der Waals surface area contributed by atoms with Crippen LogP contribution in [0.5, 0.6) is 5.75 Å². The largest absolute Gasteiger partial charge is 0.489 e. The maximum absolute atomic E-state index is 11.9. The number of halogens is 1. The minimum Gasteiger partial charge on any atom is -0.489 e. The smallest absolute Gasteiger partial charge is 0.337 e. The van der Waals surface area contributed by atoms with Crippen LogP contribution in [0.2, 0.25) is 5.02 Å². The van der Waals surface area contributed by atoms with Crippen molar-refractivity contribution in [2.24, 2.45) is 0 Å². The SMILES string of the molecule is CCOCCOc1ccc(Cl)cc1NC(=O)NCC(C)(O)C(=O)O. The Morgan fingerprint density at radius 3 is 2.67 bits per heavy atom. The van der Waals surface area contributed by atoms with Crippen LogP contribution in [-0.2, 0) is 9.53 Å². The number of aliphatic carboxylic acids is 1. The van der Waals surface area contributed by atoms with Gasteiger partial charge in [0.1, 0.15) is 12.4 Å². The third-order valence-electron chi connectivity index (χ3n) is 2.93. The van der Waals surface area contributed by atoms with Gasteiger partial charge in [-0.2, -0.15) is 0 Å². The predicted molar refractivity (Wildman–Crippen MR) is 88.7 cm³/mol. The van der Waals surface area contributed by atoms with Crippen molar-refractivity contribution in [2.45, 2.75) is 19.4 Å². The van der Waals surface area contributed by atoms with Gasteiger partial charge in [0.2, 0.25) is 0 Å². The second-order valence-corrected chi connectivity index (χ2v) is 5.51. The number of benzene rings is 1. The minimum absolute atomic E-state index is 0.291. The van der Waals surface area contributed by atoms with E-state index in [4.69, 9.17) is 26.2 Å². The number of anilines is 1. The van der Waals surface area contributed by atoms with Crippen molar-refractivity contribution in [2.75, 3.05) is 31.7 Å². The Balaban J connectivity index is 2.66. The highest BCUT2D eigenvalue weighted by Gasteiger charge is 2.30. The highest BCUT2D eigenvalue weighted by molar-refractivity contribution is 6.31. The number of rotatable bonds is 9. The summed E-state index contributed by atoms with van der Waals surface area (Å²) in [5.74, 6) is -1.05. The Labute approximate surface area is 144 Å². The third-order valence-corrected chi connectivity index (χ3v) is 3.17. The van der Waals surface area contributed by atoms with Gasteiger partial charge in [-0.05, 0) is 32.0 Å². The van der Waals surface area contributed by atoms with Crippen molar-refractivity contribution >= 4 is 29.3 Å². The molecule has 0 fully saturated rings.